The van der Waals surface area contributed by atoms with E-state index >= 15 is 0 Å². The van der Waals surface area contributed by atoms with E-state index in [1.54, 1.807) is 16.2 Å². The Balaban J connectivity index is 1.64. The monoisotopic (exact) mass is 337 g/mol. The highest BCUT2D eigenvalue weighted by molar-refractivity contribution is 7.09. The van der Waals surface area contributed by atoms with E-state index < -0.39 is 11.4 Å². The molecule has 0 spiro atoms. The minimum Gasteiger partial charge on any atom is -0.481 e. The van der Waals surface area contributed by atoms with Crippen LogP contribution in [-0.2, 0) is 11.2 Å². The first kappa shape index (κ1) is 16.2. The van der Waals surface area contributed by atoms with Crippen LogP contribution in [0.25, 0.3) is 0 Å². The van der Waals surface area contributed by atoms with Crippen LogP contribution in [0.3, 0.4) is 0 Å². The number of aryl methyl sites for hydroxylation is 1. The van der Waals surface area contributed by atoms with Gasteiger partial charge in [0, 0.05) is 18.5 Å². The average Bonchev–Trinajstić information content (AvgIpc) is 3.20. The summed E-state index contributed by atoms with van der Waals surface area (Å²) in [5.74, 6) is -0.664. The fraction of sp³-hybridized carbons (Fsp3) is 0.688. The summed E-state index contributed by atoms with van der Waals surface area (Å²) in [6.45, 7) is 4.83. The number of likely N-dealkylation sites (tertiary alicyclic amines) is 1. The van der Waals surface area contributed by atoms with Crippen LogP contribution in [0.15, 0.2) is 5.38 Å². The van der Waals surface area contributed by atoms with E-state index in [9.17, 15) is 14.7 Å². The number of thiazole rings is 1. The van der Waals surface area contributed by atoms with Crippen molar-refractivity contribution >= 4 is 23.3 Å². The number of fused-ring (bicyclic) bond motifs is 1. The fourth-order valence-electron chi connectivity index (χ4n) is 3.83. The van der Waals surface area contributed by atoms with Crippen LogP contribution >= 0.6 is 11.3 Å². The lowest BCUT2D eigenvalue weighted by Crippen LogP contribution is -2.42. The molecule has 1 aliphatic carbocycles. The molecule has 2 N–H and O–H groups in total. The van der Waals surface area contributed by atoms with Gasteiger partial charge in [0.05, 0.1) is 22.2 Å². The highest BCUT2D eigenvalue weighted by Gasteiger charge is 2.55. The van der Waals surface area contributed by atoms with Crippen molar-refractivity contribution in [1.82, 2.24) is 15.2 Å². The van der Waals surface area contributed by atoms with Gasteiger partial charge in [0.15, 0.2) is 0 Å². The standard InChI is InChI=1S/C16H23N3O3S/c1-3-13-18-12(8-23-13)10(2)17-15(22)19-7-11-5-4-6-16(11,9-19)14(20)21/h8,10-11H,3-7,9H2,1-2H3,(H,17,22)(H,20,21)/t10?,11-,16+/m0/s1. The molecular formula is C16H23N3O3S. The van der Waals surface area contributed by atoms with E-state index in [4.69, 9.17) is 0 Å². The first-order chi connectivity index (χ1) is 11.0. The number of carboxylic acid groups (broad SMARTS) is 1. The van der Waals surface area contributed by atoms with Crippen molar-refractivity contribution in [2.45, 2.75) is 45.6 Å². The van der Waals surface area contributed by atoms with Crippen molar-refractivity contribution in [2.24, 2.45) is 11.3 Å². The van der Waals surface area contributed by atoms with Crippen LogP contribution in [-0.4, -0.2) is 40.1 Å². The summed E-state index contributed by atoms with van der Waals surface area (Å²) >= 11 is 1.60. The highest BCUT2D eigenvalue weighted by atomic mass is 32.1. The van der Waals surface area contributed by atoms with Gasteiger partial charge in [-0.1, -0.05) is 13.3 Å². The van der Waals surface area contributed by atoms with E-state index in [2.05, 4.69) is 17.2 Å². The maximum Gasteiger partial charge on any atom is 0.317 e. The molecule has 1 saturated carbocycles. The maximum absolute atomic E-state index is 12.5. The molecule has 23 heavy (non-hydrogen) atoms. The summed E-state index contributed by atoms with van der Waals surface area (Å²) in [5.41, 5.74) is 0.142. The van der Waals surface area contributed by atoms with Gasteiger partial charge in [0.25, 0.3) is 0 Å². The molecule has 2 aliphatic rings. The van der Waals surface area contributed by atoms with E-state index in [1.165, 1.54) is 0 Å². The van der Waals surface area contributed by atoms with Crippen LogP contribution in [0.1, 0.15) is 49.9 Å². The van der Waals surface area contributed by atoms with Gasteiger partial charge in [-0.05, 0) is 32.1 Å². The molecule has 1 unspecified atom stereocenters. The molecule has 1 saturated heterocycles. The quantitative estimate of drug-likeness (QED) is 0.885. The van der Waals surface area contributed by atoms with Crippen molar-refractivity contribution in [2.75, 3.05) is 13.1 Å². The van der Waals surface area contributed by atoms with E-state index in [-0.39, 0.29) is 18.0 Å². The van der Waals surface area contributed by atoms with Crippen molar-refractivity contribution < 1.29 is 14.7 Å². The lowest BCUT2D eigenvalue weighted by atomic mass is 9.81. The van der Waals surface area contributed by atoms with Gasteiger partial charge in [0.1, 0.15) is 0 Å². The number of carbonyl (C=O) groups is 2. The Bertz CT molecular complexity index is 617. The number of amides is 2. The van der Waals surface area contributed by atoms with Crippen molar-refractivity contribution in [3.63, 3.8) is 0 Å². The molecule has 2 amide bonds. The van der Waals surface area contributed by atoms with Gasteiger partial charge in [-0.15, -0.1) is 11.3 Å². The Labute approximate surface area is 139 Å². The van der Waals surface area contributed by atoms with Crippen molar-refractivity contribution in [3.05, 3.63) is 16.1 Å². The average molecular weight is 337 g/mol. The molecule has 6 nitrogen and oxygen atoms in total. The summed E-state index contributed by atoms with van der Waals surface area (Å²) in [6, 6.07) is -0.348. The normalized spacial score (nSPS) is 27.7. The summed E-state index contributed by atoms with van der Waals surface area (Å²) in [4.78, 5) is 30.4. The number of carbonyl (C=O) groups excluding carboxylic acids is 1. The molecule has 7 heteroatoms. The number of nitrogens with zero attached hydrogens (tertiary/aromatic N) is 2. The molecule has 3 rings (SSSR count). The molecule has 0 bridgehead atoms. The van der Waals surface area contributed by atoms with Gasteiger partial charge in [-0.3, -0.25) is 4.79 Å². The zero-order chi connectivity index (χ0) is 16.6. The highest BCUT2D eigenvalue weighted by Crippen LogP contribution is 2.48. The third kappa shape index (κ3) is 2.82. The lowest BCUT2D eigenvalue weighted by molar-refractivity contribution is -0.149. The Kier molecular flexibility index (Phi) is 4.31. The second-order valence-electron chi connectivity index (χ2n) is 6.62. The predicted molar refractivity (Wildman–Crippen MR) is 87.4 cm³/mol. The van der Waals surface area contributed by atoms with E-state index in [0.717, 1.165) is 30.0 Å². The predicted octanol–water partition coefficient (Wildman–Crippen LogP) is 2.66. The largest absolute Gasteiger partial charge is 0.481 e. The fourth-order valence-corrected chi connectivity index (χ4v) is 4.67. The number of rotatable bonds is 4. The number of nitrogens with one attached hydrogen (secondary N) is 1. The van der Waals surface area contributed by atoms with Crippen LogP contribution in [0.5, 0.6) is 0 Å². The van der Waals surface area contributed by atoms with Gasteiger partial charge in [-0.25, -0.2) is 9.78 Å². The number of urea groups is 1. The van der Waals surface area contributed by atoms with Crippen LogP contribution in [0.4, 0.5) is 4.79 Å². The Morgan fingerprint density at radius 3 is 3.00 bits per heavy atom. The topological polar surface area (TPSA) is 82.5 Å². The first-order valence-corrected chi connectivity index (χ1v) is 9.07. The van der Waals surface area contributed by atoms with Crippen LogP contribution in [0, 0.1) is 11.3 Å². The van der Waals surface area contributed by atoms with Crippen LogP contribution in [0.2, 0.25) is 0 Å². The van der Waals surface area contributed by atoms with Gasteiger partial charge in [0.2, 0.25) is 0 Å². The summed E-state index contributed by atoms with van der Waals surface area (Å²) < 4.78 is 0. The third-order valence-corrected chi connectivity index (χ3v) is 6.25. The van der Waals surface area contributed by atoms with Gasteiger partial charge < -0.3 is 15.3 Å². The Morgan fingerprint density at radius 2 is 2.39 bits per heavy atom. The molecule has 1 aliphatic heterocycles. The molecular weight excluding hydrogens is 314 g/mol. The SMILES string of the molecule is CCc1nc(C(C)NC(=O)N2C[C@@H]3CCC[C@@]3(C(=O)O)C2)cs1. The zero-order valence-electron chi connectivity index (χ0n) is 13.5. The Morgan fingerprint density at radius 1 is 1.61 bits per heavy atom. The van der Waals surface area contributed by atoms with E-state index in [1.807, 2.05) is 12.3 Å². The molecule has 0 aromatic carbocycles. The maximum atomic E-state index is 12.5. The number of aromatic nitrogens is 1. The minimum absolute atomic E-state index is 0.0898. The minimum atomic E-state index is -0.754. The van der Waals surface area contributed by atoms with Gasteiger partial charge >= 0.3 is 12.0 Å². The second kappa shape index (κ2) is 6.11. The summed E-state index contributed by atoms with van der Waals surface area (Å²) in [5, 5.41) is 15.6. The Hall–Kier alpha value is -1.63. The molecule has 0 radical (unpaired) electrons. The molecule has 3 atom stereocenters. The van der Waals surface area contributed by atoms with Crippen LogP contribution < -0.4 is 5.32 Å². The van der Waals surface area contributed by atoms with Crippen molar-refractivity contribution in [3.8, 4) is 0 Å². The molecule has 1 aromatic rings. The molecule has 1 aromatic heterocycles. The van der Waals surface area contributed by atoms with Gasteiger partial charge in [-0.2, -0.15) is 0 Å². The third-order valence-electron chi connectivity index (χ3n) is 5.24. The van der Waals surface area contributed by atoms with Crippen molar-refractivity contribution in [1.29, 1.82) is 0 Å². The summed E-state index contributed by atoms with van der Waals surface area (Å²) in [6.07, 6.45) is 3.41. The summed E-state index contributed by atoms with van der Waals surface area (Å²) in [7, 11) is 0. The first-order valence-electron chi connectivity index (χ1n) is 8.19. The zero-order valence-corrected chi connectivity index (χ0v) is 14.4. The number of carboxylic acids is 1. The van der Waals surface area contributed by atoms with E-state index in [0.29, 0.717) is 19.5 Å². The second-order valence-corrected chi connectivity index (χ2v) is 7.56. The number of hydrogen-bond donors (Lipinski definition) is 2. The number of aliphatic carboxylic acids is 1. The molecule has 2 heterocycles. The molecule has 126 valence electrons. The smallest absolute Gasteiger partial charge is 0.317 e. The lowest BCUT2D eigenvalue weighted by Gasteiger charge is -2.24. The molecule has 2 fully saturated rings. The number of hydrogen-bond acceptors (Lipinski definition) is 4.